The Kier molecular flexibility index (Phi) is 6.88. The second-order valence-corrected chi connectivity index (χ2v) is 9.28. The average molecular weight is 418 g/mol. The Hall–Kier alpha value is -2.16. The third-order valence-corrected chi connectivity index (χ3v) is 7.18. The second kappa shape index (κ2) is 9.36. The van der Waals surface area contributed by atoms with Gasteiger partial charge in [0.15, 0.2) is 0 Å². The number of nitrogens with zero attached hydrogens (tertiary/aromatic N) is 2. The van der Waals surface area contributed by atoms with E-state index in [1.54, 1.807) is 30.1 Å². The van der Waals surface area contributed by atoms with E-state index in [-0.39, 0.29) is 10.5 Å². The number of sulfonamides is 1. The zero-order valence-electron chi connectivity index (χ0n) is 15.7. The minimum Gasteiger partial charge on any atom is -0.267 e. The molecule has 0 aliphatic carbocycles. The normalized spacial score (nSPS) is 15.6. The fourth-order valence-corrected chi connectivity index (χ4v) is 4.94. The number of hydrogen-bond donors (Lipinski definition) is 1. The molecular weight excluding hydrogens is 394 g/mol. The van der Waals surface area contributed by atoms with Crippen LogP contribution in [0.2, 0.25) is 0 Å². The van der Waals surface area contributed by atoms with Crippen LogP contribution in [-0.4, -0.2) is 44.2 Å². The summed E-state index contributed by atoms with van der Waals surface area (Å²) in [6.45, 7) is 1.05. The Morgan fingerprint density at radius 1 is 1.11 bits per heavy atom. The molecule has 3 rings (SSSR count). The Labute approximate surface area is 170 Å². The minimum absolute atomic E-state index is 0.138. The first kappa shape index (κ1) is 20.6. The van der Waals surface area contributed by atoms with Crippen molar-refractivity contribution < 1.29 is 13.2 Å². The molecule has 1 aliphatic rings. The van der Waals surface area contributed by atoms with Crippen LogP contribution in [0.1, 0.15) is 35.2 Å². The second-order valence-electron chi connectivity index (χ2n) is 6.46. The van der Waals surface area contributed by atoms with E-state index in [9.17, 15) is 13.2 Å². The molecule has 0 radical (unpaired) electrons. The van der Waals surface area contributed by atoms with E-state index in [0.717, 1.165) is 29.7 Å². The van der Waals surface area contributed by atoms with Crippen LogP contribution < -0.4 is 5.43 Å². The summed E-state index contributed by atoms with van der Waals surface area (Å²) in [6.07, 6.45) is 6.34. The quantitative estimate of drug-likeness (QED) is 0.444. The van der Waals surface area contributed by atoms with Gasteiger partial charge in [-0.3, -0.25) is 4.79 Å². The van der Waals surface area contributed by atoms with Crippen LogP contribution in [0.5, 0.6) is 0 Å². The molecule has 1 aliphatic heterocycles. The van der Waals surface area contributed by atoms with Gasteiger partial charge in [-0.1, -0.05) is 24.6 Å². The van der Waals surface area contributed by atoms with E-state index in [0.29, 0.717) is 13.1 Å². The van der Waals surface area contributed by atoms with Crippen LogP contribution >= 0.6 is 11.8 Å². The monoisotopic (exact) mass is 417 g/mol. The first-order chi connectivity index (χ1) is 13.5. The Balaban J connectivity index is 1.68. The smallest absolute Gasteiger partial charge is 0.267 e. The molecule has 1 N–H and O–H groups in total. The number of benzene rings is 2. The first-order valence-corrected chi connectivity index (χ1v) is 11.7. The summed E-state index contributed by atoms with van der Waals surface area (Å²) in [4.78, 5) is 13.6. The van der Waals surface area contributed by atoms with Gasteiger partial charge in [-0.05, 0) is 55.0 Å². The summed E-state index contributed by atoms with van der Waals surface area (Å²) < 4.78 is 27.0. The molecular formula is C20H23N3O3S2. The molecule has 1 saturated heterocycles. The molecule has 28 heavy (non-hydrogen) atoms. The lowest BCUT2D eigenvalue weighted by Crippen LogP contribution is -2.35. The van der Waals surface area contributed by atoms with Gasteiger partial charge >= 0.3 is 0 Å². The highest BCUT2D eigenvalue weighted by atomic mass is 32.2. The SMILES string of the molecule is CSc1ccc(/C=N\NC(=O)c2cccc(S(=O)(=O)N3CCCCC3)c2)cc1. The predicted octanol–water partition coefficient (Wildman–Crippen LogP) is 3.35. The van der Waals surface area contributed by atoms with E-state index in [1.165, 1.54) is 16.4 Å². The Morgan fingerprint density at radius 2 is 1.82 bits per heavy atom. The topological polar surface area (TPSA) is 78.8 Å². The number of nitrogens with one attached hydrogen (secondary N) is 1. The van der Waals surface area contributed by atoms with Gasteiger partial charge in [-0.2, -0.15) is 9.41 Å². The van der Waals surface area contributed by atoms with Crippen LogP contribution in [0.25, 0.3) is 0 Å². The van der Waals surface area contributed by atoms with Crippen molar-refractivity contribution >= 4 is 33.9 Å². The lowest BCUT2D eigenvalue weighted by Gasteiger charge is -2.25. The highest BCUT2D eigenvalue weighted by Gasteiger charge is 2.26. The molecule has 0 aromatic heterocycles. The summed E-state index contributed by atoms with van der Waals surface area (Å²) in [6, 6.07) is 13.9. The number of thioether (sulfide) groups is 1. The summed E-state index contributed by atoms with van der Waals surface area (Å²) >= 11 is 1.65. The largest absolute Gasteiger partial charge is 0.271 e. The van der Waals surface area contributed by atoms with Gasteiger partial charge in [0, 0.05) is 23.5 Å². The molecule has 1 amide bonds. The summed E-state index contributed by atoms with van der Waals surface area (Å²) in [7, 11) is -3.58. The zero-order valence-corrected chi connectivity index (χ0v) is 17.3. The van der Waals surface area contributed by atoms with Gasteiger partial charge in [0.2, 0.25) is 10.0 Å². The lowest BCUT2D eigenvalue weighted by atomic mass is 10.2. The molecule has 2 aromatic carbocycles. The molecule has 0 bridgehead atoms. The van der Waals surface area contributed by atoms with Crippen molar-refractivity contribution in [2.24, 2.45) is 5.10 Å². The van der Waals surface area contributed by atoms with Crippen molar-refractivity contribution in [2.45, 2.75) is 29.1 Å². The van der Waals surface area contributed by atoms with Gasteiger partial charge < -0.3 is 0 Å². The first-order valence-electron chi connectivity index (χ1n) is 9.08. The molecule has 148 valence electrons. The van der Waals surface area contributed by atoms with Crippen molar-refractivity contribution in [1.29, 1.82) is 0 Å². The molecule has 0 saturated carbocycles. The third kappa shape index (κ3) is 5.01. The zero-order chi connectivity index (χ0) is 20.0. The number of rotatable bonds is 6. The van der Waals surface area contributed by atoms with Gasteiger partial charge in [-0.15, -0.1) is 11.8 Å². The predicted molar refractivity (Wildman–Crippen MR) is 112 cm³/mol. The fraction of sp³-hybridized carbons (Fsp3) is 0.300. The number of hydrogen-bond acceptors (Lipinski definition) is 5. The van der Waals surface area contributed by atoms with E-state index in [4.69, 9.17) is 0 Å². The average Bonchev–Trinajstić information content (AvgIpc) is 2.75. The fourth-order valence-electron chi connectivity index (χ4n) is 2.97. The van der Waals surface area contributed by atoms with E-state index >= 15 is 0 Å². The number of amides is 1. The molecule has 8 heteroatoms. The van der Waals surface area contributed by atoms with E-state index in [2.05, 4.69) is 10.5 Å². The highest BCUT2D eigenvalue weighted by molar-refractivity contribution is 7.98. The summed E-state index contributed by atoms with van der Waals surface area (Å²) in [5, 5.41) is 3.96. The number of piperidine rings is 1. The van der Waals surface area contributed by atoms with Crippen LogP contribution in [0, 0.1) is 0 Å². The summed E-state index contributed by atoms with van der Waals surface area (Å²) in [5.74, 6) is -0.451. The van der Waals surface area contributed by atoms with E-state index in [1.807, 2.05) is 30.5 Å². The minimum atomic E-state index is -3.58. The van der Waals surface area contributed by atoms with E-state index < -0.39 is 15.9 Å². The van der Waals surface area contributed by atoms with Gasteiger partial charge in [0.1, 0.15) is 0 Å². The summed E-state index contributed by atoms with van der Waals surface area (Å²) in [5.41, 5.74) is 3.57. The Morgan fingerprint density at radius 3 is 2.50 bits per heavy atom. The number of carbonyl (C=O) groups is 1. The van der Waals surface area contributed by atoms with Crippen molar-refractivity contribution in [1.82, 2.24) is 9.73 Å². The standard InChI is InChI=1S/C20H23N3O3S2/c1-27-18-10-8-16(9-11-18)15-21-22-20(24)17-6-5-7-19(14-17)28(25,26)23-12-3-2-4-13-23/h5-11,14-15H,2-4,12-13H2,1H3,(H,22,24)/b21-15-. The van der Waals surface area contributed by atoms with Gasteiger partial charge in [-0.25, -0.2) is 13.8 Å². The maximum atomic E-state index is 12.8. The van der Waals surface area contributed by atoms with Gasteiger partial charge in [0.05, 0.1) is 11.1 Å². The maximum Gasteiger partial charge on any atom is 0.271 e. The van der Waals surface area contributed by atoms with Crippen molar-refractivity contribution in [2.75, 3.05) is 19.3 Å². The molecule has 0 unspecified atom stereocenters. The number of carbonyl (C=O) groups excluding carboxylic acids is 1. The van der Waals surface area contributed by atoms with Crippen LogP contribution in [-0.2, 0) is 10.0 Å². The maximum absolute atomic E-state index is 12.8. The Bertz CT molecular complexity index is 951. The molecule has 1 fully saturated rings. The van der Waals surface area contributed by atoms with Crippen LogP contribution in [0.15, 0.2) is 63.4 Å². The third-order valence-electron chi connectivity index (χ3n) is 4.54. The number of hydrazone groups is 1. The van der Waals surface area contributed by atoms with Gasteiger partial charge in [0.25, 0.3) is 5.91 Å². The molecule has 0 atom stereocenters. The van der Waals surface area contributed by atoms with Crippen molar-refractivity contribution in [3.05, 3.63) is 59.7 Å². The van der Waals surface area contributed by atoms with Crippen molar-refractivity contribution in [3.8, 4) is 0 Å². The lowest BCUT2D eigenvalue weighted by molar-refractivity contribution is 0.0955. The van der Waals surface area contributed by atoms with Crippen LogP contribution in [0.4, 0.5) is 0 Å². The highest BCUT2D eigenvalue weighted by Crippen LogP contribution is 2.21. The molecule has 1 heterocycles. The molecule has 2 aromatic rings. The van der Waals surface area contributed by atoms with Crippen LogP contribution in [0.3, 0.4) is 0 Å². The molecule has 0 spiro atoms. The van der Waals surface area contributed by atoms with Crippen molar-refractivity contribution in [3.63, 3.8) is 0 Å². The molecule has 6 nitrogen and oxygen atoms in total.